The van der Waals surface area contributed by atoms with Crippen LogP contribution in [-0.2, 0) is 4.79 Å². The molecule has 0 spiro atoms. The Kier molecular flexibility index (Phi) is 6.18. The third-order valence-electron chi connectivity index (χ3n) is 3.83. The lowest BCUT2D eigenvalue weighted by atomic mass is 9.96. The van der Waals surface area contributed by atoms with E-state index in [1.807, 2.05) is 42.5 Å². The van der Waals surface area contributed by atoms with Crippen molar-refractivity contribution in [2.45, 2.75) is 19.9 Å². The van der Waals surface area contributed by atoms with Crippen LogP contribution in [0.15, 0.2) is 54.6 Å². The summed E-state index contributed by atoms with van der Waals surface area (Å²) in [5.74, 6) is 1.22. The maximum Gasteiger partial charge on any atom is 0.279 e. The van der Waals surface area contributed by atoms with E-state index in [-0.39, 0.29) is 11.9 Å². The maximum absolute atomic E-state index is 12.2. The normalized spacial score (nSPS) is 12.0. The zero-order valence-electron chi connectivity index (χ0n) is 14.0. The molecule has 1 amide bonds. The fraction of sp³-hybridized carbons (Fsp3) is 0.316. The minimum absolute atomic E-state index is 0.00301. The van der Waals surface area contributed by atoms with Crippen LogP contribution in [-0.4, -0.2) is 19.6 Å². The molecule has 0 fully saturated rings. The number of methoxy groups -OCH3 is 1. The first-order valence-corrected chi connectivity index (χ1v) is 7.92. The van der Waals surface area contributed by atoms with Crippen LogP contribution in [0.25, 0.3) is 0 Å². The highest BCUT2D eigenvalue weighted by molar-refractivity contribution is 5.91. The molecule has 4 nitrogen and oxygen atoms in total. The number of nitrogens with one attached hydrogen (secondary N) is 1. The van der Waals surface area contributed by atoms with Crippen LogP contribution in [0, 0.1) is 5.92 Å². The Balaban J connectivity index is 1.91. The predicted octanol–water partition coefficient (Wildman–Crippen LogP) is 2.59. The smallest absolute Gasteiger partial charge is 0.279 e. The number of amides is 1. The molecule has 0 aromatic heterocycles. The molecule has 0 aliphatic heterocycles. The topological polar surface area (TPSA) is 54.9 Å². The monoisotopic (exact) mass is 313 g/mol. The molecule has 0 radical (unpaired) electrons. The number of benzene rings is 2. The Labute approximate surface area is 137 Å². The van der Waals surface area contributed by atoms with Crippen LogP contribution in [0.4, 0.5) is 5.69 Å². The number of hydrogen-bond acceptors (Lipinski definition) is 2. The summed E-state index contributed by atoms with van der Waals surface area (Å²) < 4.78 is 5.11. The van der Waals surface area contributed by atoms with Gasteiger partial charge in [0.1, 0.15) is 11.8 Å². The number of ether oxygens (including phenoxy) is 1. The van der Waals surface area contributed by atoms with Crippen LogP contribution in [0.2, 0.25) is 0 Å². The molecule has 0 bridgehead atoms. The molecule has 2 aromatic rings. The predicted molar refractivity (Wildman–Crippen MR) is 92.4 cm³/mol. The second kappa shape index (κ2) is 8.34. The SMILES string of the molecule is COc1ccc(NC(=O)C[NH2+][C@@H](c2ccccc2)C(C)C)cc1. The lowest BCUT2D eigenvalue weighted by Gasteiger charge is -2.19. The molecule has 0 aliphatic rings. The zero-order valence-corrected chi connectivity index (χ0v) is 14.0. The molecular formula is C19H25N2O2+. The van der Waals surface area contributed by atoms with Crippen molar-refractivity contribution < 1.29 is 14.8 Å². The fourth-order valence-corrected chi connectivity index (χ4v) is 2.59. The van der Waals surface area contributed by atoms with Crippen LogP contribution in [0.3, 0.4) is 0 Å². The minimum atomic E-state index is -0.00301. The number of anilines is 1. The van der Waals surface area contributed by atoms with Gasteiger partial charge in [0.2, 0.25) is 0 Å². The first-order chi connectivity index (χ1) is 11.1. The Morgan fingerprint density at radius 1 is 1.09 bits per heavy atom. The van der Waals surface area contributed by atoms with E-state index in [0.29, 0.717) is 12.5 Å². The summed E-state index contributed by atoms with van der Waals surface area (Å²) in [7, 11) is 1.62. The molecule has 2 rings (SSSR count). The molecule has 0 unspecified atom stereocenters. The van der Waals surface area contributed by atoms with E-state index in [1.165, 1.54) is 5.56 Å². The van der Waals surface area contributed by atoms with Gasteiger partial charge < -0.3 is 15.4 Å². The van der Waals surface area contributed by atoms with Gasteiger partial charge in [-0.1, -0.05) is 44.2 Å². The fourth-order valence-electron chi connectivity index (χ4n) is 2.59. The molecule has 0 saturated heterocycles. The number of carbonyl (C=O) groups excluding carboxylic acids is 1. The van der Waals surface area contributed by atoms with Gasteiger partial charge in [0.15, 0.2) is 6.54 Å². The second-order valence-corrected chi connectivity index (χ2v) is 5.90. The molecule has 122 valence electrons. The van der Waals surface area contributed by atoms with Gasteiger partial charge in [-0.05, 0) is 24.3 Å². The van der Waals surface area contributed by atoms with E-state index >= 15 is 0 Å². The third-order valence-corrected chi connectivity index (χ3v) is 3.83. The van der Waals surface area contributed by atoms with Crippen molar-refractivity contribution in [3.8, 4) is 5.75 Å². The Hall–Kier alpha value is -2.33. The summed E-state index contributed by atoms with van der Waals surface area (Å²) in [5, 5.41) is 5.01. The van der Waals surface area contributed by atoms with Gasteiger partial charge in [-0.3, -0.25) is 4.79 Å². The van der Waals surface area contributed by atoms with E-state index < -0.39 is 0 Å². The second-order valence-electron chi connectivity index (χ2n) is 5.90. The molecule has 23 heavy (non-hydrogen) atoms. The molecule has 0 saturated carbocycles. The number of quaternary nitrogens is 1. The van der Waals surface area contributed by atoms with Crippen molar-refractivity contribution in [2.75, 3.05) is 19.0 Å². The van der Waals surface area contributed by atoms with Gasteiger partial charge >= 0.3 is 0 Å². The largest absolute Gasteiger partial charge is 0.497 e. The van der Waals surface area contributed by atoms with Gasteiger partial charge in [-0.2, -0.15) is 0 Å². The maximum atomic E-state index is 12.2. The Bertz CT molecular complexity index is 609. The number of hydrogen-bond donors (Lipinski definition) is 2. The van der Waals surface area contributed by atoms with E-state index in [1.54, 1.807) is 7.11 Å². The Morgan fingerprint density at radius 2 is 1.74 bits per heavy atom. The molecule has 0 aliphatic carbocycles. The summed E-state index contributed by atoms with van der Waals surface area (Å²) in [6, 6.07) is 17.9. The molecule has 0 heterocycles. The molecule has 1 atom stereocenters. The standard InChI is InChI=1S/C19H24N2O2/c1-14(2)19(15-7-5-4-6-8-15)20-13-18(22)21-16-9-11-17(23-3)12-10-16/h4-12,14,19-20H,13H2,1-3H3,(H,21,22)/p+1/t19-/m1/s1. The van der Waals surface area contributed by atoms with E-state index in [2.05, 4.69) is 36.6 Å². The number of rotatable bonds is 7. The average Bonchev–Trinajstić information content (AvgIpc) is 2.56. The van der Waals surface area contributed by atoms with Gasteiger partial charge in [-0.25, -0.2) is 0 Å². The Morgan fingerprint density at radius 3 is 2.30 bits per heavy atom. The van der Waals surface area contributed by atoms with Crippen LogP contribution in [0.1, 0.15) is 25.5 Å². The summed E-state index contributed by atoms with van der Waals surface area (Å²) in [5.41, 5.74) is 2.03. The summed E-state index contributed by atoms with van der Waals surface area (Å²) in [6.45, 7) is 4.74. The minimum Gasteiger partial charge on any atom is -0.497 e. The quantitative estimate of drug-likeness (QED) is 0.825. The zero-order chi connectivity index (χ0) is 16.7. The van der Waals surface area contributed by atoms with E-state index in [4.69, 9.17) is 4.74 Å². The van der Waals surface area contributed by atoms with Gasteiger partial charge in [0.05, 0.1) is 7.11 Å². The highest BCUT2D eigenvalue weighted by Gasteiger charge is 2.20. The highest BCUT2D eigenvalue weighted by Crippen LogP contribution is 2.17. The molecule has 4 heteroatoms. The molecular weight excluding hydrogens is 288 g/mol. The highest BCUT2D eigenvalue weighted by atomic mass is 16.5. The molecule has 2 aromatic carbocycles. The van der Waals surface area contributed by atoms with Gasteiger partial charge in [0.25, 0.3) is 5.91 Å². The summed E-state index contributed by atoms with van der Waals surface area (Å²) in [4.78, 5) is 12.2. The van der Waals surface area contributed by atoms with Crippen molar-refractivity contribution in [1.82, 2.24) is 0 Å². The summed E-state index contributed by atoms with van der Waals surface area (Å²) in [6.07, 6.45) is 0. The van der Waals surface area contributed by atoms with E-state index in [9.17, 15) is 4.79 Å². The van der Waals surface area contributed by atoms with Crippen molar-refractivity contribution in [3.05, 3.63) is 60.2 Å². The van der Waals surface area contributed by atoms with Crippen LogP contribution >= 0.6 is 0 Å². The van der Waals surface area contributed by atoms with Gasteiger partial charge in [0, 0.05) is 17.2 Å². The first-order valence-electron chi connectivity index (χ1n) is 7.92. The lowest BCUT2D eigenvalue weighted by Crippen LogP contribution is -2.88. The average molecular weight is 313 g/mol. The van der Waals surface area contributed by atoms with E-state index in [0.717, 1.165) is 11.4 Å². The van der Waals surface area contributed by atoms with Crippen LogP contribution in [0.5, 0.6) is 5.75 Å². The number of carbonyl (C=O) groups is 1. The number of nitrogens with two attached hydrogens (primary N) is 1. The van der Waals surface area contributed by atoms with Crippen molar-refractivity contribution >= 4 is 11.6 Å². The van der Waals surface area contributed by atoms with Crippen molar-refractivity contribution in [2.24, 2.45) is 5.92 Å². The summed E-state index contributed by atoms with van der Waals surface area (Å²) >= 11 is 0. The third kappa shape index (κ3) is 5.11. The molecule has 3 N–H and O–H groups in total. The van der Waals surface area contributed by atoms with Crippen LogP contribution < -0.4 is 15.4 Å². The van der Waals surface area contributed by atoms with Crippen molar-refractivity contribution in [1.29, 1.82) is 0 Å². The van der Waals surface area contributed by atoms with Crippen molar-refractivity contribution in [3.63, 3.8) is 0 Å². The first kappa shape index (κ1) is 17.0. The van der Waals surface area contributed by atoms with Gasteiger partial charge in [-0.15, -0.1) is 0 Å². The lowest BCUT2D eigenvalue weighted by molar-refractivity contribution is -0.692.